The molecule has 3 aromatic carbocycles. The van der Waals surface area contributed by atoms with Crippen LogP contribution in [0.3, 0.4) is 0 Å². The van der Waals surface area contributed by atoms with Gasteiger partial charge in [0, 0.05) is 23.8 Å². The molecule has 5 heterocycles. The van der Waals surface area contributed by atoms with E-state index in [1.54, 1.807) is 0 Å². The summed E-state index contributed by atoms with van der Waals surface area (Å²) >= 11 is 0. The highest BCUT2D eigenvalue weighted by atomic mass is 16.7. The van der Waals surface area contributed by atoms with Crippen LogP contribution in [0.5, 0.6) is 28.7 Å². The number of aliphatic hydroxyl groups is 15. The molecule has 28 nitrogen and oxygen atoms in total. The summed E-state index contributed by atoms with van der Waals surface area (Å²) in [6, 6.07) is 12.9. The second-order valence-electron chi connectivity index (χ2n) is 18.0. The van der Waals surface area contributed by atoms with Gasteiger partial charge >= 0.3 is 5.97 Å². The third-order valence-electron chi connectivity index (χ3n) is 12.9. The molecule has 4 fully saturated rings. The standard InChI is InChI=1S/C48H56O28/c49-13-24-30(54)35(59)39(63)45(72-24)68-19-6-1-17(2-7-19)3-10-28(53)67-16-27-33(57)38(62)42(66)48(75-27)76-44-34(58)29-22(52)11-21(70-47-41(65)37(61)32(56)26(15-51)74-47)12-23(29)71-43(44)18-4-8-20(9-5-18)69-46-40(64)36(60)31(55)25(14-50)73-46/h1-12,24-27,30-33,35-42,45-52,54-57,59-66H,13-16H2/b10-3+/t24?,25?,26?,27?,30-,31-,32-,33-,35?,36?,37?,38?,39?,40?,41+,42?,45-,46-,47-,48+/m1/s1. The zero-order chi connectivity index (χ0) is 54.9. The van der Waals surface area contributed by atoms with Gasteiger partial charge < -0.3 is 129 Å². The normalized spacial score (nSPS) is 35.9. The third kappa shape index (κ3) is 11.8. The van der Waals surface area contributed by atoms with E-state index in [0.29, 0.717) is 5.56 Å². The maximum Gasteiger partial charge on any atom is 0.330 e. The molecule has 0 amide bonds. The van der Waals surface area contributed by atoms with Crippen molar-refractivity contribution in [1.29, 1.82) is 0 Å². The van der Waals surface area contributed by atoms with Crippen LogP contribution in [0.25, 0.3) is 28.4 Å². The van der Waals surface area contributed by atoms with Crippen LogP contribution in [0.2, 0.25) is 0 Å². The number of aromatic hydroxyl groups is 1. The summed E-state index contributed by atoms with van der Waals surface area (Å²) in [5.74, 6) is -3.32. The van der Waals surface area contributed by atoms with E-state index < -0.39 is 189 Å². The lowest BCUT2D eigenvalue weighted by atomic mass is 9.99. The molecule has 4 aliphatic rings. The van der Waals surface area contributed by atoms with Crippen molar-refractivity contribution in [2.24, 2.45) is 0 Å². The van der Waals surface area contributed by atoms with Crippen molar-refractivity contribution in [2.75, 3.05) is 26.4 Å². The van der Waals surface area contributed by atoms with Crippen molar-refractivity contribution in [1.82, 2.24) is 0 Å². The number of benzene rings is 3. The largest absolute Gasteiger partial charge is 0.507 e. The predicted molar refractivity (Wildman–Crippen MR) is 247 cm³/mol. The number of carbonyl (C=O) groups is 1. The van der Waals surface area contributed by atoms with Crippen LogP contribution in [0.1, 0.15) is 5.56 Å². The highest BCUT2D eigenvalue weighted by Crippen LogP contribution is 2.39. The zero-order valence-corrected chi connectivity index (χ0v) is 39.4. The van der Waals surface area contributed by atoms with Gasteiger partial charge in [0.1, 0.15) is 138 Å². The first-order chi connectivity index (χ1) is 36.2. The fourth-order valence-electron chi connectivity index (χ4n) is 8.51. The Balaban J connectivity index is 1.02. The Morgan fingerprint density at radius 2 is 0.908 bits per heavy atom. The molecule has 8 rings (SSSR count). The number of phenols is 1. The highest BCUT2D eigenvalue weighted by molar-refractivity contribution is 5.88. The lowest BCUT2D eigenvalue weighted by Gasteiger charge is -2.39. The molecule has 1 aromatic heterocycles. The van der Waals surface area contributed by atoms with Crippen molar-refractivity contribution in [3.8, 4) is 40.1 Å². The summed E-state index contributed by atoms with van der Waals surface area (Å²) in [6.07, 6.45) is -31.8. The quantitative estimate of drug-likeness (QED) is 0.0367. The van der Waals surface area contributed by atoms with E-state index in [1.807, 2.05) is 0 Å². The van der Waals surface area contributed by atoms with E-state index in [2.05, 4.69) is 0 Å². The number of esters is 1. The maximum absolute atomic E-state index is 14.5. The number of rotatable bonds is 16. The minimum Gasteiger partial charge on any atom is -0.507 e. The number of fused-ring (bicyclic) bond motifs is 1. The van der Waals surface area contributed by atoms with E-state index in [9.17, 15) is 91.3 Å². The number of carbonyl (C=O) groups excluding carboxylic acids is 1. The van der Waals surface area contributed by atoms with Gasteiger partial charge in [-0.05, 0) is 48.0 Å². The molecule has 0 saturated carbocycles. The number of hydrogen-bond donors (Lipinski definition) is 16. The van der Waals surface area contributed by atoms with Gasteiger partial charge in [0.25, 0.3) is 0 Å². The van der Waals surface area contributed by atoms with Crippen LogP contribution in [-0.4, -0.2) is 237 Å². The molecule has 28 heteroatoms. The number of phenolic OH excluding ortho intramolecular Hbond substituents is 1. The number of aliphatic hydroxyl groups excluding tert-OH is 15. The first kappa shape index (κ1) is 56.5. The summed E-state index contributed by atoms with van der Waals surface area (Å²) in [5.41, 5.74) is -1.17. The molecule has 0 aliphatic carbocycles. The Labute approximate surface area is 427 Å². The van der Waals surface area contributed by atoms with E-state index in [0.717, 1.165) is 18.2 Å². The minimum absolute atomic E-state index is 0.0194. The van der Waals surface area contributed by atoms with E-state index in [1.165, 1.54) is 54.6 Å². The Hall–Kier alpha value is -5.68. The summed E-state index contributed by atoms with van der Waals surface area (Å²) < 4.78 is 56.1. The Morgan fingerprint density at radius 3 is 1.37 bits per heavy atom. The second-order valence-corrected chi connectivity index (χ2v) is 18.0. The van der Waals surface area contributed by atoms with Crippen molar-refractivity contribution >= 4 is 23.0 Å². The molecule has 76 heavy (non-hydrogen) atoms. The molecule has 16 N–H and O–H groups in total. The molecule has 11 unspecified atom stereocenters. The van der Waals surface area contributed by atoms with Crippen molar-refractivity contribution in [3.05, 3.63) is 82.5 Å². The van der Waals surface area contributed by atoms with Gasteiger partial charge in [0.15, 0.2) is 5.76 Å². The average Bonchev–Trinajstić information content (AvgIpc) is 3.43. The van der Waals surface area contributed by atoms with E-state index in [-0.39, 0.29) is 22.8 Å². The molecule has 0 bridgehead atoms. The van der Waals surface area contributed by atoms with Gasteiger partial charge in [0.2, 0.25) is 36.3 Å². The molecule has 4 saturated heterocycles. The molecular formula is C48H56O28. The van der Waals surface area contributed by atoms with E-state index >= 15 is 0 Å². The SMILES string of the molecule is O=C(/C=C/c1ccc(O[C@@H]2OC(CO)[C@@H](O)C(O)C2O)cc1)OCC1O[C@@H](Oc2c(-c3ccc(O[C@@H]4OC(CO)[C@@H](O)C(O)C4O)cc3)oc3cc(O[C@@H]4OC(CO)[C@@H](O)C(O)[C@@H]4O)cc(O)c3c2=O)C(O)C(O)[C@@H]1O. The van der Waals surface area contributed by atoms with Gasteiger partial charge in [-0.3, -0.25) is 4.79 Å². The summed E-state index contributed by atoms with van der Waals surface area (Å²) in [5, 5.41) is 165. The lowest BCUT2D eigenvalue weighted by Crippen LogP contribution is -2.60. The molecule has 20 atom stereocenters. The number of hydrogen-bond acceptors (Lipinski definition) is 28. The topological polar surface area (TPSA) is 454 Å². The maximum atomic E-state index is 14.5. The monoisotopic (exact) mass is 1080 g/mol. The zero-order valence-electron chi connectivity index (χ0n) is 39.4. The first-order valence-electron chi connectivity index (χ1n) is 23.4. The van der Waals surface area contributed by atoms with Crippen molar-refractivity contribution < 1.29 is 134 Å². The van der Waals surface area contributed by atoms with Crippen molar-refractivity contribution in [2.45, 2.75) is 123 Å². The Kier molecular flexibility index (Phi) is 17.8. The van der Waals surface area contributed by atoms with Crippen LogP contribution in [0.4, 0.5) is 0 Å². The predicted octanol–water partition coefficient (Wildman–Crippen LogP) is -5.86. The molecule has 4 aliphatic heterocycles. The molecule has 416 valence electrons. The first-order valence-corrected chi connectivity index (χ1v) is 23.4. The summed E-state index contributed by atoms with van der Waals surface area (Å²) in [7, 11) is 0. The van der Waals surface area contributed by atoms with Gasteiger partial charge in [0.05, 0.1) is 19.8 Å². The van der Waals surface area contributed by atoms with Crippen LogP contribution >= 0.6 is 0 Å². The average molecular weight is 1080 g/mol. The highest BCUT2D eigenvalue weighted by Gasteiger charge is 2.49. The third-order valence-corrected chi connectivity index (χ3v) is 12.9. The van der Waals surface area contributed by atoms with Gasteiger partial charge in [-0.25, -0.2) is 4.79 Å². The second kappa shape index (κ2) is 23.9. The molecule has 0 radical (unpaired) electrons. The Morgan fingerprint density at radius 1 is 0.500 bits per heavy atom. The van der Waals surface area contributed by atoms with Gasteiger partial charge in [-0.15, -0.1) is 0 Å². The summed E-state index contributed by atoms with van der Waals surface area (Å²) in [6.45, 7) is -2.97. The lowest BCUT2D eigenvalue weighted by molar-refractivity contribution is -0.278. The summed E-state index contributed by atoms with van der Waals surface area (Å²) in [4.78, 5) is 27.3. The smallest absolute Gasteiger partial charge is 0.330 e. The molecule has 4 aromatic rings. The fraction of sp³-hybridized carbons (Fsp3) is 0.500. The van der Waals surface area contributed by atoms with Crippen LogP contribution in [-0.2, 0) is 28.5 Å². The van der Waals surface area contributed by atoms with Crippen LogP contribution in [0, 0.1) is 0 Å². The van der Waals surface area contributed by atoms with Crippen LogP contribution < -0.4 is 24.4 Å². The molecule has 0 spiro atoms. The van der Waals surface area contributed by atoms with Gasteiger partial charge in [-0.1, -0.05) is 12.1 Å². The van der Waals surface area contributed by atoms with Crippen molar-refractivity contribution in [3.63, 3.8) is 0 Å². The minimum atomic E-state index is -2.12. The number of ether oxygens (including phenoxy) is 9. The fourth-order valence-corrected chi connectivity index (χ4v) is 8.51. The van der Waals surface area contributed by atoms with Gasteiger partial charge in [-0.2, -0.15) is 0 Å². The Bertz CT molecular complexity index is 2680. The molecular weight excluding hydrogens is 1020 g/mol. The van der Waals surface area contributed by atoms with E-state index in [4.69, 9.17) is 47.0 Å². The van der Waals surface area contributed by atoms with Crippen LogP contribution in [0.15, 0.2) is 76.0 Å².